The van der Waals surface area contributed by atoms with Crippen LogP contribution >= 0.6 is 0 Å². The molecule has 4 N–H and O–H groups in total. The fourth-order valence-electron chi connectivity index (χ4n) is 2.04. The van der Waals surface area contributed by atoms with Gasteiger partial charge in [-0.25, -0.2) is 4.79 Å². The van der Waals surface area contributed by atoms with Gasteiger partial charge in [0.2, 0.25) is 5.91 Å². The number of anilines is 1. The lowest BCUT2D eigenvalue weighted by Gasteiger charge is -2.31. The Bertz CT molecular complexity index is 472. The van der Waals surface area contributed by atoms with Gasteiger partial charge in [0.05, 0.1) is 0 Å². The summed E-state index contributed by atoms with van der Waals surface area (Å²) in [5, 5.41) is 6.08. The Hall–Kier alpha value is -2.08. The maximum atomic E-state index is 12.0. The lowest BCUT2D eigenvalue weighted by molar-refractivity contribution is 0.100. The van der Waals surface area contributed by atoms with Gasteiger partial charge in [0.25, 0.3) is 0 Å². The predicted octanol–water partition coefficient (Wildman–Crippen LogP) is 0.611. The molecule has 1 heterocycles. The van der Waals surface area contributed by atoms with Gasteiger partial charge in [-0.3, -0.25) is 4.79 Å². The Labute approximate surface area is 112 Å². The second-order valence-electron chi connectivity index (χ2n) is 4.67. The summed E-state index contributed by atoms with van der Waals surface area (Å²) in [5.41, 5.74) is 6.23. The van der Waals surface area contributed by atoms with E-state index < -0.39 is 5.91 Å². The number of primary amides is 1. The number of carbonyl (C=O) groups excluding carboxylic acids is 2. The molecule has 1 aromatic rings. The van der Waals surface area contributed by atoms with E-state index in [1.807, 2.05) is 6.92 Å². The number of urea groups is 1. The van der Waals surface area contributed by atoms with Gasteiger partial charge in [-0.2, -0.15) is 0 Å². The fourth-order valence-corrected chi connectivity index (χ4v) is 2.04. The van der Waals surface area contributed by atoms with Crippen molar-refractivity contribution in [3.63, 3.8) is 0 Å². The first-order valence-corrected chi connectivity index (χ1v) is 6.25. The molecule has 1 aliphatic heterocycles. The normalized spacial score (nSPS) is 19.0. The van der Waals surface area contributed by atoms with Gasteiger partial charge in [-0.1, -0.05) is 0 Å². The molecule has 0 aliphatic carbocycles. The molecule has 1 aromatic carbocycles. The van der Waals surface area contributed by atoms with E-state index in [2.05, 4.69) is 10.6 Å². The number of benzene rings is 1. The van der Waals surface area contributed by atoms with Crippen molar-refractivity contribution in [3.05, 3.63) is 29.8 Å². The first-order chi connectivity index (χ1) is 9.06. The lowest BCUT2D eigenvalue weighted by Crippen LogP contribution is -2.52. The average molecular weight is 262 g/mol. The number of rotatable bonds is 2. The van der Waals surface area contributed by atoms with E-state index in [9.17, 15) is 9.59 Å². The summed E-state index contributed by atoms with van der Waals surface area (Å²) >= 11 is 0. The Morgan fingerprint density at radius 2 is 2.05 bits per heavy atom. The van der Waals surface area contributed by atoms with Crippen LogP contribution in [0.1, 0.15) is 17.3 Å². The highest BCUT2D eigenvalue weighted by Crippen LogP contribution is 2.11. The number of nitrogens with one attached hydrogen (secondary N) is 2. The first-order valence-electron chi connectivity index (χ1n) is 6.25. The van der Waals surface area contributed by atoms with Crippen LogP contribution in [0.15, 0.2) is 24.3 Å². The van der Waals surface area contributed by atoms with Crippen LogP contribution in [0, 0.1) is 0 Å². The van der Waals surface area contributed by atoms with Crippen LogP contribution in [0.5, 0.6) is 0 Å². The Kier molecular flexibility index (Phi) is 4.01. The summed E-state index contributed by atoms with van der Waals surface area (Å²) in [6.07, 6.45) is 0. The van der Waals surface area contributed by atoms with E-state index in [0.29, 0.717) is 30.4 Å². The number of amides is 3. The monoisotopic (exact) mass is 262 g/mol. The fraction of sp³-hybridized carbons (Fsp3) is 0.385. The summed E-state index contributed by atoms with van der Waals surface area (Å²) in [4.78, 5) is 24.7. The third-order valence-electron chi connectivity index (χ3n) is 3.08. The van der Waals surface area contributed by atoms with Gasteiger partial charge < -0.3 is 21.3 Å². The number of hydrogen-bond donors (Lipinski definition) is 3. The van der Waals surface area contributed by atoms with Crippen LogP contribution in [0.3, 0.4) is 0 Å². The molecule has 0 bridgehead atoms. The van der Waals surface area contributed by atoms with Crippen molar-refractivity contribution in [3.8, 4) is 0 Å². The van der Waals surface area contributed by atoms with E-state index in [-0.39, 0.29) is 6.03 Å². The van der Waals surface area contributed by atoms with Crippen molar-refractivity contribution in [1.29, 1.82) is 0 Å². The molecule has 0 aromatic heterocycles. The van der Waals surface area contributed by atoms with Crippen molar-refractivity contribution in [2.75, 3.05) is 25.0 Å². The number of carbonyl (C=O) groups is 2. The summed E-state index contributed by atoms with van der Waals surface area (Å²) in [7, 11) is 0. The molecule has 0 saturated carbocycles. The van der Waals surface area contributed by atoms with Gasteiger partial charge in [-0.05, 0) is 31.2 Å². The molecule has 1 aliphatic rings. The van der Waals surface area contributed by atoms with Gasteiger partial charge in [0, 0.05) is 36.9 Å². The Morgan fingerprint density at radius 1 is 1.37 bits per heavy atom. The molecule has 1 fully saturated rings. The Balaban J connectivity index is 1.96. The molecule has 1 saturated heterocycles. The molecule has 0 radical (unpaired) electrons. The molecule has 102 valence electrons. The minimum absolute atomic E-state index is 0.125. The number of piperazine rings is 1. The van der Waals surface area contributed by atoms with Crippen molar-refractivity contribution in [2.45, 2.75) is 13.0 Å². The van der Waals surface area contributed by atoms with Crippen LogP contribution in [-0.4, -0.2) is 42.5 Å². The maximum Gasteiger partial charge on any atom is 0.321 e. The summed E-state index contributed by atoms with van der Waals surface area (Å²) in [6, 6.07) is 6.71. The lowest BCUT2D eigenvalue weighted by atomic mass is 10.2. The molecule has 6 nitrogen and oxygen atoms in total. The van der Waals surface area contributed by atoms with Gasteiger partial charge >= 0.3 is 6.03 Å². The molecule has 1 atom stereocenters. The van der Waals surface area contributed by atoms with Gasteiger partial charge in [0.1, 0.15) is 0 Å². The van der Waals surface area contributed by atoms with Crippen molar-refractivity contribution < 1.29 is 9.59 Å². The van der Waals surface area contributed by atoms with Crippen LogP contribution in [0.2, 0.25) is 0 Å². The highest BCUT2D eigenvalue weighted by Gasteiger charge is 2.20. The van der Waals surface area contributed by atoms with Crippen LogP contribution in [0.25, 0.3) is 0 Å². The molecule has 1 unspecified atom stereocenters. The van der Waals surface area contributed by atoms with Gasteiger partial charge in [0.15, 0.2) is 0 Å². The maximum absolute atomic E-state index is 12.0. The molecule has 2 rings (SSSR count). The zero-order valence-corrected chi connectivity index (χ0v) is 10.8. The third kappa shape index (κ3) is 3.45. The molecular weight excluding hydrogens is 244 g/mol. The summed E-state index contributed by atoms with van der Waals surface area (Å²) in [5.74, 6) is -0.478. The van der Waals surface area contributed by atoms with E-state index in [0.717, 1.165) is 6.54 Å². The largest absolute Gasteiger partial charge is 0.366 e. The van der Waals surface area contributed by atoms with E-state index >= 15 is 0 Å². The number of nitrogens with zero attached hydrogens (tertiary/aromatic N) is 1. The third-order valence-corrected chi connectivity index (χ3v) is 3.08. The van der Waals surface area contributed by atoms with Crippen molar-refractivity contribution >= 4 is 17.6 Å². The highest BCUT2D eigenvalue weighted by molar-refractivity contribution is 5.94. The minimum Gasteiger partial charge on any atom is -0.366 e. The number of nitrogens with two attached hydrogens (primary N) is 1. The Morgan fingerprint density at radius 3 is 2.63 bits per heavy atom. The smallest absolute Gasteiger partial charge is 0.321 e. The van der Waals surface area contributed by atoms with Crippen molar-refractivity contribution in [1.82, 2.24) is 10.2 Å². The van der Waals surface area contributed by atoms with Crippen molar-refractivity contribution in [2.24, 2.45) is 5.73 Å². The standard InChI is InChI=1S/C13H18N4O2/c1-9-8-17(7-6-15-9)13(19)16-11-4-2-10(3-5-11)12(14)18/h2-5,9,15H,6-8H2,1H3,(H2,14,18)(H,16,19). The van der Waals surface area contributed by atoms with Crippen LogP contribution < -0.4 is 16.4 Å². The molecular formula is C13H18N4O2. The van der Waals surface area contributed by atoms with E-state index in [1.54, 1.807) is 29.2 Å². The average Bonchev–Trinajstić information content (AvgIpc) is 2.39. The summed E-state index contributed by atoms with van der Waals surface area (Å²) < 4.78 is 0. The molecule has 3 amide bonds. The molecule has 19 heavy (non-hydrogen) atoms. The molecule has 0 spiro atoms. The first kappa shape index (κ1) is 13.4. The quantitative estimate of drug-likeness (QED) is 0.729. The second kappa shape index (κ2) is 5.71. The second-order valence-corrected chi connectivity index (χ2v) is 4.67. The summed E-state index contributed by atoms with van der Waals surface area (Å²) in [6.45, 7) is 4.22. The van der Waals surface area contributed by atoms with Gasteiger partial charge in [-0.15, -0.1) is 0 Å². The topological polar surface area (TPSA) is 87.5 Å². The predicted molar refractivity (Wildman–Crippen MR) is 73.0 cm³/mol. The van der Waals surface area contributed by atoms with E-state index in [1.165, 1.54) is 0 Å². The zero-order valence-electron chi connectivity index (χ0n) is 10.8. The number of hydrogen-bond acceptors (Lipinski definition) is 3. The minimum atomic E-state index is -0.478. The SMILES string of the molecule is CC1CN(C(=O)Nc2ccc(C(N)=O)cc2)CCN1. The van der Waals surface area contributed by atoms with Crippen LogP contribution in [0.4, 0.5) is 10.5 Å². The highest BCUT2D eigenvalue weighted by atomic mass is 16.2. The van der Waals surface area contributed by atoms with E-state index in [4.69, 9.17) is 5.73 Å². The molecule has 6 heteroatoms. The zero-order chi connectivity index (χ0) is 13.8. The van der Waals surface area contributed by atoms with Crippen LogP contribution in [-0.2, 0) is 0 Å².